The molecule has 0 aromatic heterocycles. The van der Waals surface area contributed by atoms with Crippen molar-refractivity contribution >= 4 is 17.0 Å². The second-order valence-corrected chi connectivity index (χ2v) is 7.65. The molecule has 2 heterocycles. The predicted octanol–water partition coefficient (Wildman–Crippen LogP) is 3.73. The predicted molar refractivity (Wildman–Crippen MR) is 119 cm³/mol. The first-order valence-corrected chi connectivity index (χ1v) is 10.2. The van der Waals surface area contributed by atoms with Crippen LogP contribution in [0.1, 0.15) is 48.1 Å². The molecule has 2 aromatic rings. The second-order valence-electron chi connectivity index (χ2n) is 7.65. The van der Waals surface area contributed by atoms with Crippen molar-refractivity contribution in [2.75, 3.05) is 25.0 Å². The van der Waals surface area contributed by atoms with Gasteiger partial charge in [0.1, 0.15) is 0 Å². The Morgan fingerprint density at radius 2 is 2.10 bits per heavy atom. The number of benzene rings is 2. The Morgan fingerprint density at radius 3 is 2.86 bits per heavy atom. The van der Waals surface area contributed by atoms with E-state index in [1.54, 1.807) is 0 Å². The summed E-state index contributed by atoms with van der Waals surface area (Å²) in [5.74, 6) is 0. The maximum Gasteiger partial charge on any atom is 0.0992 e. The molecule has 1 atom stereocenters. The molecule has 2 aliphatic heterocycles. The third kappa shape index (κ3) is 4.13. The summed E-state index contributed by atoms with van der Waals surface area (Å²) in [6, 6.07) is 16.7. The van der Waals surface area contributed by atoms with Crippen LogP contribution in [0.15, 0.2) is 54.2 Å². The monoisotopic (exact) mass is 385 g/mol. The maximum absolute atomic E-state index is 9.23. The fourth-order valence-corrected chi connectivity index (χ4v) is 4.14. The van der Waals surface area contributed by atoms with E-state index in [0.717, 1.165) is 55.1 Å². The highest BCUT2D eigenvalue weighted by Gasteiger charge is 2.23. The van der Waals surface area contributed by atoms with E-state index in [0.29, 0.717) is 5.56 Å². The average molecular weight is 386 g/mol. The molecule has 0 aliphatic carbocycles. The van der Waals surface area contributed by atoms with Crippen molar-refractivity contribution in [3.63, 3.8) is 0 Å². The minimum atomic E-state index is 0.130. The smallest absolute Gasteiger partial charge is 0.0992 e. The van der Waals surface area contributed by atoms with E-state index in [1.165, 1.54) is 16.7 Å². The van der Waals surface area contributed by atoms with Gasteiger partial charge in [-0.25, -0.2) is 0 Å². The number of nitrogens with two attached hydrogens (primary N) is 1. The summed E-state index contributed by atoms with van der Waals surface area (Å²) in [6.45, 7) is 4.71. The molecular weight excluding hydrogens is 358 g/mol. The van der Waals surface area contributed by atoms with Crippen LogP contribution in [0.5, 0.6) is 0 Å². The summed E-state index contributed by atoms with van der Waals surface area (Å²) in [6.07, 6.45) is 4.24. The van der Waals surface area contributed by atoms with Gasteiger partial charge >= 0.3 is 0 Å². The lowest BCUT2D eigenvalue weighted by Gasteiger charge is -2.23. The molecule has 5 N–H and O–H groups in total. The third-order valence-electron chi connectivity index (χ3n) is 5.59. The average Bonchev–Trinajstić information content (AvgIpc) is 2.94. The zero-order chi connectivity index (χ0) is 20.2. The van der Waals surface area contributed by atoms with Gasteiger partial charge in [-0.3, -0.25) is 0 Å². The molecule has 0 amide bonds. The number of nitriles is 1. The Kier molecular flexibility index (Phi) is 5.55. The van der Waals surface area contributed by atoms with Crippen molar-refractivity contribution in [2.45, 2.75) is 25.8 Å². The Morgan fingerprint density at radius 1 is 1.21 bits per heavy atom. The highest BCUT2D eigenvalue weighted by molar-refractivity contribution is 5.75. The van der Waals surface area contributed by atoms with Crippen LogP contribution in [-0.2, 0) is 0 Å². The normalized spacial score (nSPS) is 20.4. The van der Waals surface area contributed by atoms with Gasteiger partial charge in [0.25, 0.3) is 0 Å². The highest BCUT2D eigenvalue weighted by atomic mass is 15.0. The Labute approximate surface area is 172 Å². The van der Waals surface area contributed by atoms with Crippen molar-refractivity contribution in [1.29, 1.82) is 5.26 Å². The van der Waals surface area contributed by atoms with Crippen LogP contribution < -0.4 is 21.7 Å². The standard InChI is InChI=1S/C24H27N5/c1-16(26)24-21-6-5-19(18-7-10-27-11-8-18)14-22(21)23(9-12-28-24)29-20-4-2-3-17(13-20)15-25/h2-7,13-14,23,27-29H,8-12,26H2,1H3/b24-16-. The number of hydrogen-bond donors (Lipinski definition) is 4. The van der Waals surface area contributed by atoms with Gasteiger partial charge in [-0.15, -0.1) is 0 Å². The first-order valence-electron chi connectivity index (χ1n) is 10.2. The summed E-state index contributed by atoms with van der Waals surface area (Å²) >= 11 is 0. The fraction of sp³-hybridized carbons (Fsp3) is 0.292. The molecule has 1 unspecified atom stereocenters. The van der Waals surface area contributed by atoms with E-state index in [1.807, 2.05) is 31.2 Å². The van der Waals surface area contributed by atoms with Crippen molar-refractivity contribution in [1.82, 2.24) is 10.6 Å². The first kappa shape index (κ1) is 19.1. The second kappa shape index (κ2) is 8.42. The minimum Gasteiger partial charge on any atom is -0.401 e. The van der Waals surface area contributed by atoms with Crippen LogP contribution in [0.3, 0.4) is 0 Å². The van der Waals surface area contributed by atoms with Gasteiger partial charge in [0.05, 0.1) is 23.4 Å². The molecule has 2 aromatic carbocycles. The lowest BCUT2D eigenvalue weighted by atomic mass is 9.91. The van der Waals surface area contributed by atoms with E-state index in [4.69, 9.17) is 5.73 Å². The molecule has 0 saturated heterocycles. The van der Waals surface area contributed by atoms with E-state index < -0.39 is 0 Å². The van der Waals surface area contributed by atoms with Gasteiger partial charge in [-0.05, 0) is 67.3 Å². The van der Waals surface area contributed by atoms with Crippen LogP contribution in [0.4, 0.5) is 5.69 Å². The van der Waals surface area contributed by atoms with Crippen LogP contribution in [0, 0.1) is 11.3 Å². The van der Waals surface area contributed by atoms with Gasteiger partial charge in [0.2, 0.25) is 0 Å². The van der Waals surface area contributed by atoms with Crippen molar-refractivity contribution in [3.05, 3.63) is 76.5 Å². The Hall–Kier alpha value is -3.23. The van der Waals surface area contributed by atoms with Crippen LogP contribution in [0.25, 0.3) is 11.3 Å². The zero-order valence-corrected chi connectivity index (χ0v) is 16.8. The number of fused-ring (bicyclic) bond motifs is 1. The molecule has 0 fully saturated rings. The summed E-state index contributed by atoms with van der Waals surface area (Å²) in [5, 5.41) is 19.8. The third-order valence-corrected chi connectivity index (χ3v) is 5.59. The molecule has 2 aliphatic rings. The number of nitrogens with one attached hydrogen (secondary N) is 3. The van der Waals surface area contributed by atoms with Crippen LogP contribution >= 0.6 is 0 Å². The van der Waals surface area contributed by atoms with Crippen molar-refractivity contribution < 1.29 is 0 Å². The number of anilines is 1. The number of allylic oxidation sites excluding steroid dienone is 1. The molecule has 0 saturated carbocycles. The number of hydrogen-bond acceptors (Lipinski definition) is 5. The van der Waals surface area contributed by atoms with Crippen LogP contribution in [-0.4, -0.2) is 19.6 Å². The molecule has 0 radical (unpaired) electrons. The minimum absolute atomic E-state index is 0.130. The molecule has 29 heavy (non-hydrogen) atoms. The molecule has 0 bridgehead atoms. The van der Waals surface area contributed by atoms with Gasteiger partial charge in [0.15, 0.2) is 0 Å². The summed E-state index contributed by atoms with van der Waals surface area (Å²) in [7, 11) is 0. The first-order chi connectivity index (χ1) is 14.2. The molecular formula is C24H27N5. The van der Waals surface area contributed by atoms with Gasteiger partial charge in [0, 0.05) is 30.0 Å². The van der Waals surface area contributed by atoms with Gasteiger partial charge < -0.3 is 21.7 Å². The van der Waals surface area contributed by atoms with E-state index in [9.17, 15) is 5.26 Å². The van der Waals surface area contributed by atoms with Gasteiger partial charge in [-0.1, -0.05) is 24.3 Å². The Bertz CT molecular complexity index is 1010. The Balaban J connectivity index is 1.76. The zero-order valence-electron chi connectivity index (χ0n) is 16.8. The van der Waals surface area contributed by atoms with Crippen LogP contribution in [0.2, 0.25) is 0 Å². The topological polar surface area (TPSA) is 85.9 Å². The summed E-state index contributed by atoms with van der Waals surface area (Å²) in [5.41, 5.74) is 14.7. The number of rotatable bonds is 3. The lowest BCUT2D eigenvalue weighted by Crippen LogP contribution is -2.20. The quantitative estimate of drug-likeness (QED) is 0.647. The van der Waals surface area contributed by atoms with Crippen molar-refractivity contribution in [3.8, 4) is 6.07 Å². The summed E-state index contributed by atoms with van der Waals surface area (Å²) in [4.78, 5) is 0. The van der Waals surface area contributed by atoms with Crippen molar-refractivity contribution in [2.24, 2.45) is 5.73 Å². The molecule has 148 valence electrons. The van der Waals surface area contributed by atoms with E-state index in [-0.39, 0.29) is 6.04 Å². The van der Waals surface area contributed by atoms with E-state index >= 15 is 0 Å². The number of nitrogens with zero attached hydrogens (tertiary/aromatic N) is 1. The highest BCUT2D eigenvalue weighted by Crippen LogP contribution is 2.35. The molecule has 0 spiro atoms. The molecule has 5 nitrogen and oxygen atoms in total. The molecule has 5 heteroatoms. The van der Waals surface area contributed by atoms with Gasteiger partial charge in [-0.2, -0.15) is 5.26 Å². The molecule has 4 rings (SSSR count). The van der Waals surface area contributed by atoms with E-state index in [2.05, 4.69) is 46.3 Å². The summed E-state index contributed by atoms with van der Waals surface area (Å²) < 4.78 is 0. The fourth-order valence-electron chi connectivity index (χ4n) is 4.14. The lowest BCUT2D eigenvalue weighted by molar-refractivity contribution is 0.682. The largest absolute Gasteiger partial charge is 0.401 e. The maximum atomic E-state index is 9.23. The SMILES string of the molecule is C/C(N)=C1/NCCC(Nc2cccc(C#N)c2)c2cc(C3=CCNCC3)ccc21.